The fourth-order valence-electron chi connectivity index (χ4n) is 2.40. The summed E-state index contributed by atoms with van der Waals surface area (Å²) in [4.78, 5) is 20.5. The lowest BCUT2D eigenvalue weighted by molar-refractivity contribution is 0.101. The van der Waals surface area contributed by atoms with E-state index < -0.39 is 0 Å². The molecule has 0 spiro atoms. The molecule has 0 saturated carbocycles. The van der Waals surface area contributed by atoms with Crippen LogP contribution in [0.5, 0.6) is 0 Å². The average molecular weight is 340 g/mol. The number of nitrogens with one attached hydrogen (secondary N) is 3. The molecule has 0 amide bonds. The Morgan fingerprint density at radius 3 is 2.84 bits per heavy atom. The number of aromatic nitrogens is 5. The van der Waals surface area contributed by atoms with Crippen molar-refractivity contribution in [3.8, 4) is 0 Å². The van der Waals surface area contributed by atoms with Gasteiger partial charge in [-0.3, -0.25) is 4.79 Å². The largest absolute Gasteiger partial charge is 0.364 e. The van der Waals surface area contributed by atoms with Crippen molar-refractivity contribution in [3.63, 3.8) is 0 Å². The van der Waals surface area contributed by atoms with Crippen LogP contribution in [0.15, 0.2) is 24.3 Å². The number of carbonyl (C=O) groups is 1. The van der Waals surface area contributed by atoms with Crippen molar-refractivity contribution in [1.29, 1.82) is 0 Å². The number of nitrogens with two attached hydrogens (primary N) is 1. The van der Waals surface area contributed by atoms with E-state index in [0.717, 1.165) is 5.56 Å². The van der Waals surface area contributed by atoms with Gasteiger partial charge in [-0.25, -0.2) is 5.10 Å². The Morgan fingerprint density at radius 2 is 2.08 bits per heavy atom. The molecule has 0 saturated heterocycles. The molecule has 0 radical (unpaired) electrons. The fourth-order valence-corrected chi connectivity index (χ4v) is 2.40. The van der Waals surface area contributed by atoms with Crippen LogP contribution in [-0.4, -0.2) is 43.7 Å². The van der Waals surface area contributed by atoms with Crippen molar-refractivity contribution >= 4 is 28.7 Å². The summed E-state index contributed by atoms with van der Waals surface area (Å²) in [6, 6.07) is 7.42. The third-order valence-electron chi connectivity index (χ3n) is 3.62. The molecule has 2 heterocycles. The number of aromatic amines is 1. The first-order chi connectivity index (χ1) is 12.0. The van der Waals surface area contributed by atoms with Gasteiger partial charge < -0.3 is 16.4 Å². The number of carbonyl (C=O) groups excluding carboxylic acids is 1. The highest BCUT2D eigenvalue weighted by Gasteiger charge is 2.13. The molecule has 3 aromatic rings. The smallest absolute Gasteiger partial charge is 0.226 e. The minimum Gasteiger partial charge on any atom is -0.364 e. The monoisotopic (exact) mass is 340 g/mol. The molecule has 2 aromatic heterocycles. The second-order valence-electron chi connectivity index (χ2n) is 5.83. The highest BCUT2D eigenvalue weighted by atomic mass is 16.1. The number of nitrogens with zero attached hydrogens (tertiary/aromatic N) is 4. The molecule has 9 heteroatoms. The van der Waals surface area contributed by atoms with Gasteiger partial charge in [0, 0.05) is 24.7 Å². The van der Waals surface area contributed by atoms with Crippen LogP contribution < -0.4 is 16.4 Å². The Hall–Kier alpha value is -3.07. The fraction of sp³-hybridized carbons (Fsp3) is 0.312. The molecule has 1 unspecified atom stereocenters. The number of hydrogen-bond donors (Lipinski definition) is 4. The summed E-state index contributed by atoms with van der Waals surface area (Å²) < 4.78 is 0. The zero-order valence-electron chi connectivity index (χ0n) is 14.1. The van der Waals surface area contributed by atoms with Gasteiger partial charge in [0.05, 0.1) is 0 Å². The van der Waals surface area contributed by atoms with E-state index in [1.54, 1.807) is 13.0 Å². The third-order valence-corrected chi connectivity index (χ3v) is 3.62. The molecule has 3 rings (SSSR count). The van der Waals surface area contributed by atoms with Crippen LogP contribution in [0.3, 0.4) is 0 Å². The van der Waals surface area contributed by atoms with Gasteiger partial charge in [0.1, 0.15) is 0 Å². The Morgan fingerprint density at radius 1 is 1.28 bits per heavy atom. The normalized spacial score (nSPS) is 12.1. The molecule has 0 bridgehead atoms. The summed E-state index contributed by atoms with van der Waals surface area (Å²) in [6.45, 7) is 4.41. The first kappa shape index (κ1) is 16.8. The number of fused-ring (bicyclic) bond motifs is 1. The lowest BCUT2D eigenvalue weighted by Crippen LogP contribution is -2.26. The average Bonchev–Trinajstić information content (AvgIpc) is 3.06. The van der Waals surface area contributed by atoms with Gasteiger partial charge in [0.15, 0.2) is 22.8 Å². The van der Waals surface area contributed by atoms with Crippen molar-refractivity contribution in [3.05, 3.63) is 35.4 Å². The van der Waals surface area contributed by atoms with E-state index in [1.807, 2.05) is 25.1 Å². The topological polar surface area (TPSA) is 134 Å². The number of rotatable bonds is 7. The summed E-state index contributed by atoms with van der Waals surface area (Å²) in [5.74, 6) is 0.980. The lowest BCUT2D eigenvalue weighted by atomic mass is 10.0. The molecule has 9 nitrogen and oxygen atoms in total. The van der Waals surface area contributed by atoms with Gasteiger partial charge >= 0.3 is 0 Å². The minimum absolute atomic E-state index is 0.0194. The summed E-state index contributed by atoms with van der Waals surface area (Å²) in [7, 11) is 0. The van der Waals surface area contributed by atoms with Crippen molar-refractivity contribution in [1.82, 2.24) is 25.4 Å². The van der Waals surface area contributed by atoms with E-state index in [-0.39, 0.29) is 11.8 Å². The highest BCUT2D eigenvalue weighted by Crippen LogP contribution is 2.19. The van der Waals surface area contributed by atoms with Crippen molar-refractivity contribution in [2.24, 2.45) is 5.73 Å². The number of Topliss-reactive ketones (excluding diaryl/α,β-unsaturated/α-hetero) is 1. The predicted molar refractivity (Wildman–Crippen MR) is 95.4 cm³/mol. The number of hydrogen-bond acceptors (Lipinski definition) is 8. The maximum absolute atomic E-state index is 11.7. The number of H-pyrrole nitrogens is 1. The van der Waals surface area contributed by atoms with E-state index in [9.17, 15) is 4.79 Å². The summed E-state index contributed by atoms with van der Waals surface area (Å²) in [5, 5.41) is 16.8. The van der Waals surface area contributed by atoms with Crippen molar-refractivity contribution < 1.29 is 4.79 Å². The van der Waals surface area contributed by atoms with Gasteiger partial charge in [-0.1, -0.05) is 29.5 Å². The van der Waals surface area contributed by atoms with Crippen LogP contribution in [0.1, 0.15) is 29.8 Å². The first-order valence-electron chi connectivity index (χ1n) is 7.95. The zero-order chi connectivity index (χ0) is 17.8. The molecule has 130 valence electrons. The van der Waals surface area contributed by atoms with Crippen LogP contribution in [0.4, 0.5) is 11.8 Å². The Balaban J connectivity index is 1.85. The van der Waals surface area contributed by atoms with Crippen LogP contribution >= 0.6 is 0 Å². The first-order valence-corrected chi connectivity index (χ1v) is 7.95. The predicted octanol–water partition coefficient (Wildman–Crippen LogP) is 1.32. The molecule has 1 aromatic carbocycles. The van der Waals surface area contributed by atoms with Gasteiger partial charge in [0.2, 0.25) is 5.95 Å². The van der Waals surface area contributed by atoms with Crippen LogP contribution in [0.25, 0.3) is 11.2 Å². The van der Waals surface area contributed by atoms with Gasteiger partial charge in [0.25, 0.3) is 0 Å². The third kappa shape index (κ3) is 3.89. The molecular weight excluding hydrogens is 320 g/mol. The Bertz CT molecular complexity index is 889. The molecule has 0 aliphatic rings. The van der Waals surface area contributed by atoms with E-state index in [2.05, 4.69) is 36.0 Å². The number of benzene rings is 1. The van der Waals surface area contributed by atoms with E-state index in [1.165, 1.54) is 0 Å². The highest BCUT2D eigenvalue weighted by molar-refractivity contribution is 5.95. The lowest BCUT2D eigenvalue weighted by Gasteiger charge is -2.11. The van der Waals surface area contributed by atoms with Crippen LogP contribution in [0.2, 0.25) is 0 Å². The van der Waals surface area contributed by atoms with Crippen molar-refractivity contribution in [2.45, 2.75) is 26.4 Å². The Labute approximate surface area is 144 Å². The van der Waals surface area contributed by atoms with Crippen molar-refractivity contribution in [2.75, 3.05) is 17.2 Å². The summed E-state index contributed by atoms with van der Waals surface area (Å²) >= 11 is 0. The van der Waals surface area contributed by atoms with Crippen LogP contribution in [0, 0.1) is 0 Å². The molecule has 5 N–H and O–H groups in total. The second kappa shape index (κ2) is 7.22. The molecule has 0 fully saturated rings. The quantitative estimate of drug-likeness (QED) is 0.473. The van der Waals surface area contributed by atoms with E-state index >= 15 is 0 Å². The maximum atomic E-state index is 11.7. The molecule has 0 aliphatic carbocycles. The van der Waals surface area contributed by atoms with Gasteiger partial charge in [-0.2, -0.15) is 9.97 Å². The van der Waals surface area contributed by atoms with E-state index in [4.69, 9.17) is 5.73 Å². The number of anilines is 2. The summed E-state index contributed by atoms with van der Waals surface area (Å²) in [5.41, 5.74) is 8.37. The zero-order valence-corrected chi connectivity index (χ0v) is 14.1. The standard InChI is InChI=1S/C16H20N8O/c1-9(17)7-19-16-20-14(13-15(21-16)23-24-22-13)18-8-11-5-3-4-6-12(11)10(2)25/h3-6,9H,7-8,17H2,1-2H3,(H3,18,19,20,21,22,23,24). The summed E-state index contributed by atoms with van der Waals surface area (Å²) in [6.07, 6.45) is 0. The molecular formula is C16H20N8O. The van der Waals surface area contributed by atoms with Gasteiger partial charge in [-0.05, 0) is 19.4 Å². The van der Waals surface area contributed by atoms with E-state index in [0.29, 0.717) is 41.6 Å². The Kier molecular flexibility index (Phi) is 4.85. The minimum atomic E-state index is -0.0296. The molecule has 25 heavy (non-hydrogen) atoms. The second-order valence-corrected chi connectivity index (χ2v) is 5.83. The molecule has 1 atom stereocenters. The molecule has 0 aliphatic heterocycles. The van der Waals surface area contributed by atoms with Gasteiger partial charge in [-0.15, -0.1) is 5.10 Å². The maximum Gasteiger partial charge on any atom is 0.226 e. The van der Waals surface area contributed by atoms with Crippen LogP contribution in [-0.2, 0) is 6.54 Å². The SMILES string of the molecule is CC(=O)c1ccccc1CNc1nc(NCC(C)N)nc2[nH]nnc12. The number of ketones is 1.